The van der Waals surface area contributed by atoms with Crippen LogP contribution in [-0.2, 0) is 0 Å². The van der Waals surface area contributed by atoms with E-state index in [0.717, 1.165) is 23.2 Å². The van der Waals surface area contributed by atoms with Gasteiger partial charge in [0, 0.05) is 18.0 Å². The second-order valence-electron chi connectivity index (χ2n) is 5.94. The van der Waals surface area contributed by atoms with Gasteiger partial charge in [-0.25, -0.2) is 9.50 Å². The molecular weight excluding hydrogens is 340 g/mol. The lowest BCUT2D eigenvalue weighted by Crippen LogP contribution is -2.25. The van der Waals surface area contributed by atoms with E-state index in [1.54, 1.807) is 29.0 Å². The van der Waals surface area contributed by atoms with Crippen molar-refractivity contribution in [2.24, 2.45) is 0 Å². The van der Waals surface area contributed by atoms with Crippen LogP contribution in [-0.4, -0.2) is 20.9 Å². The summed E-state index contributed by atoms with van der Waals surface area (Å²) < 4.78 is 36.9. The standard InChI is InChI=1S/C16H10ClF2N3O2/c17-14-7-11(15-20-3-4-22(15)21-14)10-6-9(10)8-1-2-12-13(5-8)24-16(18,19)23-12/h1-5,7,9-10H,6H2/t9-,10+/m1/s1. The molecule has 0 unspecified atom stereocenters. The van der Waals surface area contributed by atoms with Gasteiger partial charge in [0.15, 0.2) is 17.1 Å². The van der Waals surface area contributed by atoms with Crippen LogP contribution in [0.2, 0.25) is 5.15 Å². The van der Waals surface area contributed by atoms with E-state index >= 15 is 0 Å². The molecule has 0 spiro atoms. The molecule has 3 aromatic rings. The molecule has 5 rings (SSSR count). The van der Waals surface area contributed by atoms with Gasteiger partial charge in [0.25, 0.3) is 0 Å². The van der Waals surface area contributed by atoms with E-state index < -0.39 is 6.29 Å². The quantitative estimate of drug-likeness (QED) is 0.702. The van der Waals surface area contributed by atoms with Crippen LogP contribution < -0.4 is 9.47 Å². The Bertz CT molecular complexity index is 975. The summed E-state index contributed by atoms with van der Waals surface area (Å²) in [5, 5.41) is 4.56. The molecule has 122 valence electrons. The fourth-order valence-corrected chi connectivity index (χ4v) is 3.48. The molecule has 1 saturated carbocycles. The molecule has 0 saturated heterocycles. The van der Waals surface area contributed by atoms with Gasteiger partial charge < -0.3 is 9.47 Å². The first-order valence-corrected chi connectivity index (χ1v) is 7.77. The number of imidazole rings is 1. The van der Waals surface area contributed by atoms with Crippen LogP contribution in [0.25, 0.3) is 5.65 Å². The predicted molar refractivity (Wildman–Crippen MR) is 80.7 cm³/mol. The number of ether oxygens (including phenoxy) is 2. The predicted octanol–water partition coefficient (Wildman–Crippen LogP) is 3.98. The van der Waals surface area contributed by atoms with Crippen LogP contribution in [0.4, 0.5) is 8.78 Å². The third-order valence-corrected chi connectivity index (χ3v) is 4.59. The Balaban J connectivity index is 1.48. The molecule has 0 bridgehead atoms. The largest absolute Gasteiger partial charge is 0.586 e. The Morgan fingerprint density at radius 3 is 2.88 bits per heavy atom. The summed E-state index contributed by atoms with van der Waals surface area (Å²) in [7, 11) is 0. The lowest BCUT2D eigenvalue weighted by atomic mass is 10.1. The Morgan fingerprint density at radius 1 is 1.17 bits per heavy atom. The topological polar surface area (TPSA) is 48.7 Å². The van der Waals surface area contributed by atoms with Gasteiger partial charge in [0.1, 0.15) is 5.15 Å². The van der Waals surface area contributed by atoms with Gasteiger partial charge in [-0.15, -0.1) is 8.78 Å². The van der Waals surface area contributed by atoms with E-state index in [-0.39, 0.29) is 23.3 Å². The highest BCUT2D eigenvalue weighted by Gasteiger charge is 2.46. The van der Waals surface area contributed by atoms with Crippen molar-refractivity contribution >= 4 is 17.2 Å². The first kappa shape index (κ1) is 14.0. The van der Waals surface area contributed by atoms with Gasteiger partial charge in [-0.2, -0.15) is 5.10 Å². The zero-order valence-electron chi connectivity index (χ0n) is 12.1. The molecule has 8 heteroatoms. The molecule has 2 atom stereocenters. The number of aromatic nitrogens is 3. The van der Waals surface area contributed by atoms with Crippen LogP contribution in [0.1, 0.15) is 29.4 Å². The van der Waals surface area contributed by atoms with E-state index in [9.17, 15) is 8.78 Å². The molecular formula is C16H10ClF2N3O2. The zero-order chi connectivity index (χ0) is 16.5. The van der Waals surface area contributed by atoms with Crippen molar-refractivity contribution in [1.29, 1.82) is 0 Å². The van der Waals surface area contributed by atoms with E-state index in [4.69, 9.17) is 11.6 Å². The minimum atomic E-state index is -3.59. The summed E-state index contributed by atoms with van der Waals surface area (Å²) in [6, 6.07) is 6.74. The number of halogens is 3. The second kappa shape index (κ2) is 4.57. The number of hydrogen-bond acceptors (Lipinski definition) is 4. The number of rotatable bonds is 2. The van der Waals surface area contributed by atoms with Gasteiger partial charge in [-0.05, 0) is 42.0 Å². The molecule has 0 amide bonds. The second-order valence-corrected chi connectivity index (χ2v) is 6.33. The van der Waals surface area contributed by atoms with Crippen molar-refractivity contribution in [2.45, 2.75) is 24.6 Å². The SMILES string of the molecule is FC1(F)Oc2ccc([C@H]3C[C@@H]3c3cc(Cl)nn4ccnc34)cc2O1. The summed E-state index contributed by atoms with van der Waals surface area (Å²) in [6.45, 7) is 0. The van der Waals surface area contributed by atoms with E-state index in [0.29, 0.717) is 5.15 Å². The van der Waals surface area contributed by atoms with Crippen LogP contribution in [0.5, 0.6) is 11.5 Å². The molecule has 1 aliphatic heterocycles. The van der Waals surface area contributed by atoms with Crippen molar-refractivity contribution < 1.29 is 18.3 Å². The van der Waals surface area contributed by atoms with Crippen LogP contribution >= 0.6 is 11.6 Å². The smallest absolute Gasteiger partial charge is 0.395 e. The third-order valence-electron chi connectivity index (χ3n) is 4.40. The van der Waals surface area contributed by atoms with E-state index in [2.05, 4.69) is 19.6 Å². The lowest BCUT2D eigenvalue weighted by Gasteiger charge is -2.05. The molecule has 5 nitrogen and oxygen atoms in total. The van der Waals surface area contributed by atoms with E-state index in [1.807, 2.05) is 6.07 Å². The number of fused-ring (bicyclic) bond motifs is 2. The zero-order valence-corrected chi connectivity index (χ0v) is 12.9. The molecule has 1 aliphatic carbocycles. The molecule has 0 N–H and O–H groups in total. The van der Waals surface area contributed by atoms with Gasteiger partial charge in [-0.1, -0.05) is 17.7 Å². The average Bonchev–Trinajstić information content (AvgIpc) is 3.05. The number of alkyl halides is 2. The van der Waals surface area contributed by atoms with Crippen molar-refractivity contribution in [3.8, 4) is 11.5 Å². The van der Waals surface area contributed by atoms with Crippen LogP contribution in [0, 0.1) is 0 Å². The molecule has 0 radical (unpaired) electrons. The van der Waals surface area contributed by atoms with E-state index in [1.165, 1.54) is 6.07 Å². The minimum Gasteiger partial charge on any atom is -0.395 e. The minimum absolute atomic E-state index is 0.0588. The number of nitrogens with zero attached hydrogens (tertiary/aromatic N) is 3. The average molecular weight is 350 g/mol. The fraction of sp³-hybridized carbons (Fsp3) is 0.250. The first-order valence-electron chi connectivity index (χ1n) is 7.40. The first-order chi connectivity index (χ1) is 11.5. The van der Waals surface area contributed by atoms with Gasteiger partial charge in [0.05, 0.1) is 0 Å². The van der Waals surface area contributed by atoms with Crippen molar-refractivity contribution in [2.75, 3.05) is 0 Å². The highest BCUT2D eigenvalue weighted by molar-refractivity contribution is 6.29. The Hall–Kier alpha value is -2.41. The molecule has 3 heterocycles. The Kier molecular flexibility index (Phi) is 2.66. The van der Waals surface area contributed by atoms with Gasteiger partial charge in [0.2, 0.25) is 0 Å². The summed E-state index contributed by atoms with van der Waals surface area (Å²) in [4.78, 5) is 4.32. The lowest BCUT2D eigenvalue weighted by molar-refractivity contribution is -0.286. The van der Waals surface area contributed by atoms with Crippen molar-refractivity contribution in [1.82, 2.24) is 14.6 Å². The van der Waals surface area contributed by atoms with Gasteiger partial charge >= 0.3 is 6.29 Å². The van der Waals surface area contributed by atoms with Crippen LogP contribution in [0.15, 0.2) is 36.7 Å². The Morgan fingerprint density at radius 2 is 2.00 bits per heavy atom. The molecule has 1 fully saturated rings. The summed E-state index contributed by atoms with van der Waals surface area (Å²) in [5.41, 5.74) is 2.70. The highest BCUT2D eigenvalue weighted by Crippen LogP contribution is 2.57. The fourth-order valence-electron chi connectivity index (χ4n) is 3.29. The maximum Gasteiger partial charge on any atom is 0.586 e. The summed E-state index contributed by atoms with van der Waals surface area (Å²) in [6.07, 6.45) is 0.705. The maximum absolute atomic E-state index is 13.1. The molecule has 2 aromatic heterocycles. The maximum atomic E-state index is 13.1. The molecule has 1 aromatic carbocycles. The van der Waals surface area contributed by atoms with Gasteiger partial charge in [-0.3, -0.25) is 0 Å². The third kappa shape index (κ3) is 2.11. The highest BCUT2D eigenvalue weighted by atomic mass is 35.5. The van der Waals surface area contributed by atoms with Crippen molar-refractivity contribution in [3.05, 3.63) is 52.9 Å². The summed E-state index contributed by atoms with van der Waals surface area (Å²) >= 11 is 6.07. The molecule has 2 aliphatic rings. The monoisotopic (exact) mass is 349 g/mol. The summed E-state index contributed by atoms with van der Waals surface area (Å²) in [5.74, 6) is 0.550. The Labute approximate surface area is 139 Å². The number of benzene rings is 1. The molecule has 24 heavy (non-hydrogen) atoms. The number of hydrogen-bond donors (Lipinski definition) is 0. The van der Waals surface area contributed by atoms with Crippen molar-refractivity contribution in [3.63, 3.8) is 0 Å². The normalized spacial score (nSPS) is 23.6. The van der Waals surface area contributed by atoms with Crippen LogP contribution in [0.3, 0.4) is 0 Å².